The third-order valence-corrected chi connectivity index (χ3v) is 6.09. The maximum absolute atomic E-state index is 13.2. The van der Waals surface area contributed by atoms with Gasteiger partial charge in [0.15, 0.2) is 5.75 Å². The van der Waals surface area contributed by atoms with Gasteiger partial charge < -0.3 is 10.6 Å². The van der Waals surface area contributed by atoms with E-state index in [-0.39, 0.29) is 11.8 Å². The third kappa shape index (κ3) is 3.52. The molecule has 0 bridgehead atoms. The van der Waals surface area contributed by atoms with Gasteiger partial charge in [0.25, 0.3) is 0 Å². The second-order valence-electron chi connectivity index (χ2n) is 8.00. The molecule has 1 aliphatic rings. The molecule has 1 heterocycles. The monoisotopic (exact) mass is 387 g/mol. The molecule has 3 aromatic carbocycles. The van der Waals surface area contributed by atoms with Crippen molar-refractivity contribution in [1.82, 2.24) is 0 Å². The summed E-state index contributed by atoms with van der Waals surface area (Å²) in [5, 5.41) is 0. The van der Waals surface area contributed by atoms with E-state index in [1.165, 1.54) is 0 Å². The summed E-state index contributed by atoms with van der Waals surface area (Å²) >= 11 is 0. The maximum atomic E-state index is 13.2. The summed E-state index contributed by atoms with van der Waals surface area (Å²) in [5.41, 5.74) is 7.16. The number of hydrogen-bond acceptors (Lipinski definition) is 2. The molecule has 0 aromatic heterocycles. The molecule has 2 N–H and O–H groups in total. The lowest BCUT2D eigenvalue weighted by Crippen LogP contribution is -2.52. The number of hydrogen-bond donors (Lipinski definition) is 1. The van der Waals surface area contributed by atoms with Gasteiger partial charge in [0, 0.05) is 12.3 Å². The number of hydroxylamine groups is 3. The Hall–Kier alpha value is -3.11. The van der Waals surface area contributed by atoms with E-state index in [1.54, 1.807) is 0 Å². The first-order valence-electron chi connectivity index (χ1n) is 10.0. The smallest absolute Gasteiger partial charge is 0.233 e. The number of likely N-dealkylation sites (tertiary alicyclic amines) is 1. The van der Waals surface area contributed by atoms with Gasteiger partial charge in [-0.15, -0.1) is 4.65 Å². The molecule has 1 aliphatic heterocycles. The Labute approximate surface area is 172 Å². The van der Waals surface area contributed by atoms with E-state index in [1.807, 2.05) is 91.0 Å². The van der Waals surface area contributed by atoms with E-state index >= 15 is 0 Å². The number of carbonyl (C=O) groups is 1. The molecule has 0 radical (unpaired) electrons. The van der Waals surface area contributed by atoms with Crippen LogP contribution in [0, 0.1) is 5.92 Å². The van der Waals surface area contributed by atoms with Crippen LogP contribution >= 0.6 is 0 Å². The van der Waals surface area contributed by atoms with Gasteiger partial charge in [0.1, 0.15) is 25.6 Å². The average molecular weight is 388 g/mol. The summed E-state index contributed by atoms with van der Waals surface area (Å²) in [6.07, 6.45) is 0.843. The lowest BCUT2D eigenvalue weighted by Gasteiger charge is -2.37. The van der Waals surface area contributed by atoms with Gasteiger partial charge in [-0.05, 0) is 23.3 Å². The second kappa shape index (κ2) is 7.72. The van der Waals surface area contributed by atoms with Crippen molar-refractivity contribution < 1.29 is 14.3 Å². The highest BCUT2D eigenvalue weighted by Gasteiger charge is 2.54. The topological polar surface area (TPSA) is 52.3 Å². The average Bonchev–Trinajstić information content (AvgIpc) is 3.12. The summed E-state index contributed by atoms with van der Waals surface area (Å²) in [6, 6.07) is 29.7. The Morgan fingerprint density at radius 1 is 0.897 bits per heavy atom. The van der Waals surface area contributed by atoms with Gasteiger partial charge in [-0.1, -0.05) is 78.9 Å². The Bertz CT molecular complexity index is 920. The van der Waals surface area contributed by atoms with E-state index in [0.717, 1.165) is 29.8 Å². The Kier molecular flexibility index (Phi) is 5.12. The van der Waals surface area contributed by atoms with E-state index < -0.39 is 5.41 Å². The number of nitrogens with zero attached hydrogens (tertiary/aromatic N) is 1. The van der Waals surface area contributed by atoms with Crippen LogP contribution in [0.15, 0.2) is 91.0 Å². The van der Waals surface area contributed by atoms with Crippen LogP contribution in [-0.2, 0) is 10.2 Å². The van der Waals surface area contributed by atoms with Gasteiger partial charge in [-0.25, -0.2) is 0 Å². The molecule has 1 fully saturated rings. The van der Waals surface area contributed by atoms with Crippen molar-refractivity contribution in [1.29, 1.82) is 0 Å². The molecule has 3 aromatic rings. The zero-order chi connectivity index (χ0) is 20.3. The summed E-state index contributed by atoms with van der Waals surface area (Å²) in [4.78, 5) is 19.5. The van der Waals surface area contributed by atoms with Crippen LogP contribution in [0.3, 0.4) is 0 Å². The summed E-state index contributed by atoms with van der Waals surface area (Å²) in [5.74, 6) is 0.548. The Morgan fingerprint density at radius 3 is 1.86 bits per heavy atom. The number of primary amides is 1. The predicted octanol–water partition coefficient (Wildman–Crippen LogP) is 3.92. The molecule has 2 atom stereocenters. The number of benzene rings is 3. The fraction of sp³-hybridized carbons (Fsp3) is 0.240. The number of para-hydroxylation sites is 1. The molecule has 29 heavy (non-hydrogen) atoms. The highest BCUT2D eigenvalue weighted by atomic mass is 16.7. The van der Waals surface area contributed by atoms with Gasteiger partial charge >= 0.3 is 0 Å². The first kappa shape index (κ1) is 19.2. The molecule has 4 nitrogen and oxygen atoms in total. The molecule has 4 rings (SSSR count). The lowest BCUT2D eigenvalue weighted by molar-refractivity contribution is -1.06. The first-order chi connectivity index (χ1) is 14.0. The largest absolute Gasteiger partial charge is 0.369 e. The molecule has 0 aliphatic carbocycles. The van der Waals surface area contributed by atoms with Gasteiger partial charge in [0.2, 0.25) is 5.91 Å². The third-order valence-electron chi connectivity index (χ3n) is 6.09. The molecular formula is C25H27N2O2+. The fourth-order valence-electron chi connectivity index (χ4n) is 4.78. The minimum atomic E-state index is -0.890. The number of rotatable bonds is 6. The fourth-order valence-corrected chi connectivity index (χ4v) is 4.78. The second-order valence-corrected chi connectivity index (χ2v) is 8.00. The van der Waals surface area contributed by atoms with Crippen LogP contribution in [-0.4, -0.2) is 30.7 Å². The van der Waals surface area contributed by atoms with Crippen molar-refractivity contribution in [2.45, 2.75) is 11.8 Å². The molecule has 0 saturated carbocycles. The van der Waals surface area contributed by atoms with E-state index in [9.17, 15) is 4.79 Å². The molecular weight excluding hydrogens is 360 g/mol. The van der Waals surface area contributed by atoms with Gasteiger partial charge in [-0.2, -0.15) is 0 Å². The molecule has 0 spiro atoms. The van der Waals surface area contributed by atoms with Crippen LogP contribution in [0.2, 0.25) is 0 Å². The van der Waals surface area contributed by atoms with Crippen LogP contribution < -0.4 is 10.6 Å². The number of carbonyl (C=O) groups excluding carboxylic acids is 1. The van der Waals surface area contributed by atoms with Crippen LogP contribution in [0.25, 0.3) is 0 Å². The van der Waals surface area contributed by atoms with Crippen LogP contribution in [0.4, 0.5) is 0 Å². The van der Waals surface area contributed by atoms with Crippen molar-refractivity contribution in [2.24, 2.45) is 11.7 Å². The minimum absolute atomic E-state index is 0.0264. The zero-order valence-electron chi connectivity index (χ0n) is 16.7. The van der Waals surface area contributed by atoms with Crippen LogP contribution in [0.5, 0.6) is 5.75 Å². The first-order valence-corrected chi connectivity index (χ1v) is 10.0. The lowest BCUT2D eigenvalue weighted by atomic mass is 9.64. The normalized spacial score (nSPS) is 21.6. The molecule has 1 saturated heterocycles. The SMILES string of the molecule is C[N+]1(Oc2ccccc2)CCC(C(C(N)=O)(c2ccccc2)c2ccccc2)C1. The Balaban J connectivity index is 1.76. The number of amides is 1. The molecule has 148 valence electrons. The van der Waals surface area contributed by atoms with Crippen molar-refractivity contribution in [2.75, 3.05) is 20.1 Å². The van der Waals surface area contributed by atoms with E-state index in [2.05, 4.69) is 7.05 Å². The number of quaternary nitrogens is 1. The van der Waals surface area contributed by atoms with Gasteiger partial charge in [0.05, 0.1) is 0 Å². The molecule has 2 unspecified atom stereocenters. The maximum Gasteiger partial charge on any atom is 0.233 e. The number of nitrogens with two attached hydrogens (primary N) is 1. The standard InChI is InChI=1S/C25H26N2O2/c1-27(29-23-15-9-4-10-16-23)18-17-22(19-27)25(24(26)28,20-11-5-2-6-12-20)21-13-7-3-8-14-21/h2-16,22H,17-19H2,1H3,(H-,26,28)/p+1. The van der Waals surface area contributed by atoms with Crippen molar-refractivity contribution in [3.63, 3.8) is 0 Å². The van der Waals surface area contributed by atoms with Crippen molar-refractivity contribution in [3.8, 4) is 5.75 Å². The van der Waals surface area contributed by atoms with E-state index in [4.69, 9.17) is 10.6 Å². The predicted molar refractivity (Wildman–Crippen MR) is 114 cm³/mol. The van der Waals surface area contributed by atoms with Crippen molar-refractivity contribution in [3.05, 3.63) is 102 Å². The summed E-state index contributed by atoms with van der Waals surface area (Å²) in [6.45, 7) is 1.51. The Morgan fingerprint density at radius 2 is 1.38 bits per heavy atom. The summed E-state index contributed by atoms with van der Waals surface area (Å²) < 4.78 is 0.420. The van der Waals surface area contributed by atoms with E-state index in [0.29, 0.717) is 11.2 Å². The van der Waals surface area contributed by atoms with Crippen molar-refractivity contribution >= 4 is 5.91 Å². The van der Waals surface area contributed by atoms with Crippen LogP contribution in [0.1, 0.15) is 17.5 Å². The quantitative estimate of drug-likeness (QED) is 0.652. The zero-order valence-corrected chi connectivity index (χ0v) is 16.7. The van der Waals surface area contributed by atoms with Gasteiger partial charge in [-0.3, -0.25) is 4.79 Å². The molecule has 1 amide bonds. The summed E-state index contributed by atoms with van der Waals surface area (Å²) in [7, 11) is 2.08. The minimum Gasteiger partial charge on any atom is -0.369 e. The highest BCUT2D eigenvalue weighted by molar-refractivity contribution is 5.91. The highest BCUT2D eigenvalue weighted by Crippen LogP contribution is 2.45. The molecule has 4 heteroatoms.